The van der Waals surface area contributed by atoms with Crippen LogP contribution in [0.5, 0.6) is 0 Å². The number of hydrogen-bond donors (Lipinski definition) is 0. The fourth-order valence-corrected chi connectivity index (χ4v) is 2.43. The number of para-hydroxylation sites is 1. The minimum atomic E-state index is -1.36. The number of rotatable bonds is 1. The largest absolute Gasteiger partial charge is 0.358 e. The van der Waals surface area contributed by atoms with Crippen LogP contribution in [0, 0.1) is 7.43 Å². The first kappa shape index (κ1) is 20.6. The number of nitrogens with zero attached hydrogens (tertiary/aromatic N) is 2. The zero-order chi connectivity index (χ0) is 17.6. The Hall–Kier alpha value is -1.67. The van der Waals surface area contributed by atoms with Gasteiger partial charge in [-0.1, -0.05) is 48.5 Å². The third-order valence-electron chi connectivity index (χ3n) is 3.65. The Bertz CT molecular complexity index is 967. The molecule has 0 saturated heterocycles. The standard InChI is InChI=1S/C18H12N2.C2H4.CH3.2ClH.Ru/c1-2-7-15-12-19-18(11-14(15)6-1)17-10-9-13-5-3-4-8-16(13)20-17;1-2;;;;/h1-12H;1H,2H3;1H3;2*1H;/q;;-1;;;+2/p-2. The molecule has 4 rings (SSSR count). The topological polar surface area (TPSA) is 25.8 Å². The third-order valence-corrected chi connectivity index (χ3v) is 6.23. The maximum atomic E-state index is 5.32. The Kier molecular flexibility index (Phi) is 7.84. The van der Waals surface area contributed by atoms with Gasteiger partial charge in [-0.2, -0.15) is 0 Å². The number of halogens is 2. The molecule has 0 unspecified atom stereocenters. The second kappa shape index (κ2) is 9.87. The summed E-state index contributed by atoms with van der Waals surface area (Å²) in [7, 11) is 10.6. The number of hydrogen-bond acceptors (Lipinski definition) is 2. The number of benzene rings is 2. The van der Waals surface area contributed by atoms with Crippen molar-refractivity contribution in [2.75, 3.05) is 0 Å². The van der Waals surface area contributed by atoms with Crippen LogP contribution in [0.25, 0.3) is 33.1 Å². The zero-order valence-electron chi connectivity index (χ0n) is 14.5. The number of fused-ring (bicyclic) bond motifs is 2. The van der Waals surface area contributed by atoms with E-state index in [1.165, 1.54) is 5.39 Å². The number of aromatic nitrogens is 2. The van der Waals surface area contributed by atoms with Crippen molar-refractivity contribution < 1.29 is 13.5 Å². The molecule has 2 nitrogen and oxygen atoms in total. The van der Waals surface area contributed by atoms with Gasteiger partial charge in [0.2, 0.25) is 0 Å². The Labute approximate surface area is 167 Å². The maximum absolute atomic E-state index is 5.32. The van der Waals surface area contributed by atoms with Gasteiger partial charge in [0.1, 0.15) is 0 Å². The smallest absolute Gasteiger partial charge is 0.0894 e. The van der Waals surface area contributed by atoms with Crippen LogP contribution < -0.4 is 0 Å². The summed E-state index contributed by atoms with van der Waals surface area (Å²) in [5.74, 6) is 0. The van der Waals surface area contributed by atoms with Crippen molar-refractivity contribution in [1.29, 1.82) is 0 Å². The molecular weight excluding hydrogens is 452 g/mol. The summed E-state index contributed by atoms with van der Waals surface area (Å²) in [6, 6.07) is 22.6. The van der Waals surface area contributed by atoms with Crippen LogP contribution in [0.4, 0.5) is 0 Å². The molecule has 0 N–H and O–H groups in total. The van der Waals surface area contributed by atoms with Crippen molar-refractivity contribution in [2.24, 2.45) is 0 Å². The molecule has 0 aliphatic heterocycles. The first-order chi connectivity index (χ1) is 12.2. The van der Waals surface area contributed by atoms with Gasteiger partial charge in [0, 0.05) is 17.0 Å². The molecule has 136 valence electrons. The fourth-order valence-electron chi connectivity index (χ4n) is 2.43. The van der Waals surface area contributed by atoms with Crippen LogP contribution in [0.2, 0.25) is 0 Å². The van der Waals surface area contributed by atoms with E-state index >= 15 is 0 Å². The Morgan fingerprint density at radius 3 is 2.12 bits per heavy atom. The molecule has 0 saturated carbocycles. The van der Waals surface area contributed by atoms with Gasteiger partial charge in [-0.25, -0.2) is 4.98 Å². The SMILES string of the molecule is C[CH]=[Ru]([Cl])[Cl].[CH3-].c1ccc2cc(-c3ccc4ccccc4n3)ncc2c1. The van der Waals surface area contributed by atoms with E-state index in [0.717, 1.165) is 27.7 Å². The number of pyridine rings is 2. The van der Waals surface area contributed by atoms with Crippen LogP contribution in [-0.2, 0) is 13.5 Å². The summed E-state index contributed by atoms with van der Waals surface area (Å²) in [5.41, 5.74) is 2.82. The second-order valence-corrected chi connectivity index (χ2v) is 11.4. The van der Waals surface area contributed by atoms with E-state index in [1.54, 1.807) is 0 Å². The van der Waals surface area contributed by atoms with Crippen molar-refractivity contribution in [1.82, 2.24) is 9.97 Å². The van der Waals surface area contributed by atoms with Gasteiger partial charge in [0.15, 0.2) is 0 Å². The van der Waals surface area contributed by atoms with Crippen LogP contribution in [0.1, 0.15) is 6.92 Å². The van der Waals surface area contributed by atoms with E-state index in [0.29, 0.717) is 0 Å². The van der Waals surface area contributed by atoms with Gasteiger partial charge in [-0.3, -0.25) is 4.98 Å². The monoisotopic (exact) mass is 471 g/mol. The first-order valence-corrected chi connectivity index (χ1v) is 13.1. The summed E-state index contributed by atoms with van der Waals surface area (Å²) in [6.07, 6.45) is 1.90. The van der Waals surface area contributed by atoms with E-state index in [-0.39, 0.29) is 7.43 Å². The third kappa shape index (κ3) is 5.17. The minimum absolute atomic E-state index is 0. The zero-order valence-corrected chi connectivity index (χ0v) is 17.8. The Balaban J connectivity index is 0.000000362. The van der Waals surface area contributed by atoms with Gasteiger partial charge in [-0.05, 0) is 23.6 Å². The van der Waals surface area contributed by atoms with Crippen LogP contribution >= 0.6 is 19.4 Å². The van der Waals surface area contributed by atoms with E-state index in [2.05, 4.69) is 40.3 Å². The van der Waals surface area contributed by atoms with Crippen LogP contribution in [0.3, 0.4) is 0 Å². The molecule has 0 aliphatic carbocycles. The molecule has 4 aromatic rings. The van der Waals surface area contributed by atoms with Gasteiger partial charge in [-0.15, -0.1) is 0 Å². The molecule has 0 aliphatic rings. The van der Waals surface area contributed by atoms with Gasteiger partial charge >= 0.3 is 44.4 Å². The van der Waals surface area contributed by atoms with Crippen molar-refractivity contribution in [3.8, 4) is 11.4 Å². The van der Waals surface area contributed by atoms with Crippen molar-refractivity contribution >= 4 is 45.7 Å². The summed E-state index contributed by atoms with van der Waals surface area (Å²) >= 11 is -1.36. The first-order valence-electron chi connectivity index (χ1n) is 7.66. The van der Waals surface area contributed by atoms with Crippen LogP contribution in [0.15, 0.2) is 72.9 Å². The Morgan fingerprint density at radius 1 is 0.808 bits per heavy atom. The summed E-state index contributed by atoms with van der Waals surface area (Å²) in [6.45, 7) is 1.87. The minimum Gasteiger partial charge on any atom is -0.358 e. The van der Waals surface area contributed by atoms with Crippen molar-refractivity contribution in [2.45, 2.75) is 6.92 Å². The molecule has 2 aromatic carbocycles. The van der Waals surface area contributed by atoms with Gasteiger partial charge < -0.3 is 7.43 Å². The quantitative estimate of drug-likeness (QED) is 0.230. The molecule has 0 bridgehead atoms. The predicted octanol–water partition coefficient (Wildman–Crippen LogP) is 6.63. The van der Waals surface area contributed by atoms with E-state index in [4.69, 9.17) is 19.4 Å². The molecule has 2 aromatic heterocycles. The van der Waals surface area contributed by atoms with Gasteiger partial charge in [0.25, 0.3) is 0 Å². The fraction of sp³-hybridized carbons (Fsp3) is 0.0476. The molecule has 0 spiro atoms. The van der Waals surface area contributed by atoms with Crippen molar-refractivity contribution in [3.63, 3.8) is 0 Å². The summed E-state index contributed by atoms with van der Waals surface area (Å²) < 4.78 is 1.84. The average Bonchev–Trinajstić information content (AvgIpc) is 2.67. The molecule has 2 heterocycles. The van der Waals surface area contributed by atoms with Crippen molar-refractivity contribution in [3.05, 3.63) is 80.4 Å². The molecular formula is C21H19Cl2N2Ru-. The molecule has 0 fully saturated rings. The van der Waals surface area contributed by atoms with Crippen LogP contribution in [-0.4, -0.2) is 14.6 Å². The maximum Gasteiger partial charge on any atom is 0.0894 e. The second-order valence-electron chi connectivity index (χ2n) is 5.21. The molecule has 5 heteroatoms. The van der Waals surface area contributed by atoms with E-state index in [9.17, 15) is 0 Å². The Morgan fingerprint density at radius 2 is 1.42 bits per heavy atom. The predicted molar refractivity (Wildman–Crippen MR) is 112 cm³/mol. The average molecular weight is 471 g/mol. The van der Waals surface area contributed by atoms with E-state index in [1.807, 2.05) is 54.1 Å². The molecule has 0 radical (unpaired) electrons. The summed E-state index contributed by atoms with van der Waals surface area (Å²) in [4.78, 5) is 9.21. The van der Waals surface area contributed by atoms with Gasteiger partial charge in [0.05, 0.1) is 16.9 Å². The molecule has 0 atom stereocenters. The molecule has 26 heavy (non-hydrogen) atoms. The molecule has 0 amide bonds. The summed E-state index contributed by atoms with van der Waals surface area (Å²) in [5, 5.41) is 3.49. The normalized spacial score (nSPS) is 10.5. The van der Waals surface area contributed by atoms with E-state index < -0.39 is 13.5 Å².